The van der Waals surface area contributed by atoms with Crippen molar-refractivity contribution in [3.05, 3.63) is 12.2 Å². The molecule has 0 bridgehead atoms. The summed E-state index contributed by atoms with van der Waals surface area (Å²) in [6.45, 7) is 4.17. The van der Waals surface area contributed by atoms with Crippen LogP contribution >= 0.6 is 11.8 Å². The predicted octanol–water partition coefficient (Wildman–Crippen LogP) is 2.10. The summed E-state index contributed by atoms with van der Waals surface area (Å²) in [6.07, 6.45) is 5.42. The molecule has 0 unspecified atom stereocenters. The van der Waals surface area contributed by atoms with Crippen LogP contribution in [-0.2, 0) is 9.53 Å². The molecule has 0 aromatic rings. The average Bonchev–Trinajstić information content (AvgIpc) is 2.00. The monoisotopic (exact) mass is 188 g/mol. The molecule has 0 aliphatic heterocycles. The third-order valence-corrected chi connectivity index (χ3v) is 2.42. The molecule has 0 aliphatic carbocycles. The Morgan fingerprint density at radius 2 is 2.17 bits per heavy atom. The number of carbonyl (C=O) groups is 1. The fourth-order valence-electron chi connectivity index (χ4n) is 0.782. The van der Waals surface area contributed by atoms with Crippen molar-refractivity contribution in [2.75, 3.05) is 19.1 Å². The number of allylic oxidation sites excluding steroid dienone is 1. The van der Waals surface area contributed by atoms with Crippen molar-refractivity contribution in [2.45, 2.75) is 13.8 Å². The lowest BCUT2D eigenvalue weighted by molar-refractivity contribution is -0.134. The van der Waals surface area contributed by atoms with Gasteiger partial charge in [0.2, 0.25) is 0 Å². The summed E-state index contributed by atoms with van der Waals surface area (Å²) in [5, 5.41) is 0. The minimum Gasteiger partial charge on any atom is -0.466 e. The minimum absolute atomic E-state index is 0.0631. The zero-order chi connectivity index (χ0) is 9.61. The molecule has 0 aromatic carbocycles. The average molecular weight is 188 g/mol. The molecular weight excluding hydrogens is 172 g/mol. The standard InChI is InChI=1S/C9H16O2S/c1-9(2,7-12-4)6-5-8(10)11-3/h5-6H,7H2,1-4H3/b6-5+. The van der Waals surface area contributed by atoms with Crippen molar-refractivity contribution >= 4 is 17.7 Å². The molecule has 0 spiro atoms. The molecule has 3 heteroatoms. The van der Waals surface area contributed by atoms with Gasteiger partial charge in [-0.3, -0.25) is 0 Å². The van der Waals surface area contributed by atoms with Gasteiger partial charge in [-0.1, -0.05) is 19.9 Å². The third kappa shape index (κ3) is 5.24. The van der Waals surface area contributed by atoms with Gasteiger partial charge in [0.25, 0.3) is 0 Å². The fraction of sp³-hybridized carbons (Fsp3) is 0.667. The van der Waals surface area contributed by atoms with Crippen molar-refractivity contribution in [3.63, 3.8) is 0 Å². The molecule has 0 atom stereocenters. The van der Waals surface area contributed by atoms with E-state index >= 15 is 0 Å². The number of rotatable bonds is 4. The van der Waals surface area contributed by atoms with E-state index in [2.05, 4.69) is 18.6 Å². The van der Waals surface area contributed by atoms with Gasteiger partial charge in [-0.15, -0.1) is 0 Å². The maximum absolute atomic E-state index is 10.7. The van der Waals surface area contributed by atoms with Gasteiger partial charge < -0.3 is 4.74 Å². The Kier molecular flexibility index (Phi) is 5.06. The van der Waals surface area contributed by atoms with Crippen LogP contribution in [0.2, 0.25) is 0 Å². The van der Waals surface area contributed by atoms with Gasteiger partial charge in [0, 0.05) is 11.8 Å². The first kappa shape index (κ1) is 11.6. The van der Waals surface area contributed by atoms with E-state index in [0.29, 0.717) is 0 Å². The molecule has 0 amide bonds. The van der Waals surface area contributed by atoms with E-state index in [9.17, 15) is 4.79 Å². The van der Waals surface area contributed by atoms with Gasteiger partial charge in [-0.05, 0) is 11.7 Å². The smallest absolute Gasteiger partial charge is 0.330 e. The highest BCUT2D eigenvalue weighted by molar-refractivity contribution is 7.98. The molecule has 0 saturated heterocycles. The van der Waals surface area contributed by atoms with Gasteiger partial charge >= 0.3 is 5.97 Å². The molecule has 0 fully saturated rings. The Morgan fingerprint density at radius 1 is 1.58 bits per heavy atom. The SMILES string of the molecule is COC(=O)/C=C/C(C)(C)CSC. The zero-order valence-corrected chi connectivity index (χ0v) is 8.90. The van der Waals surface area contributed by atoms with Crippen molar-refractivity contribution in [2.24, 2.45) is 5.41 Å². The Hall–Kier alpha value is -0.440. The first-order valence-electron chi connectivity index (χ1n) is 3.78. The van der Waals surface area contributed by atoms with E-state index in [0.717, 1.165) is 5.75 Å². The number of methoxy groups -OCH3 is 1. The second-order valence-electron chi connectivity index (χ2n) is 3.28. The minimum atomic E-state index is -0.288. The highest BCUT2D eigenvalue weighted by atomic mass is 32.2. The number of hydrogen-bond donors (Lipinski definition) is 0. The van der Waals surface area contributed by atoms with E-state index in [1.165, 1.54) is 13.2 Å². The first-order chi connectivity index (χ1) is 5.52. The second kappa shape index (κ2) is 5.25. The summed E-state index contributed by atoms with van der Waals surface area (Å²) < 4.78 is 4.49. The molecule has 0 N–H and O–H groups in total. The summed E-state index contributed by atoms with van der Waals surface area (Å²) in [5.41, 5.74) is 0.0631. The number of hydrogen-bond acceptors (Lipinski definition) is 3. The van der Waals surface area contributed by atoms with Crippen molar-refractivity contribution < 1.29 is 9.53 Å². The van der Waals surface area contributed by atoms with Crippen molar-refractivity contribution in [3.8, 4) is 0 Å². The van der Waals surface area contributed by atoms with Gasteiger partial charge in [0.05, 0.1) is 7.11 Å². The number of esters is 1. The molecule has 0 saturated carbocycles. The van der Waals surface area contributed by atoms with Crippen LogP contribution < -0.4 is 0 Å². The lowest BCUT2D eigenvalue weighted by Gasteiger charge is -2.17. The lowest BCUT2D eigenvalue weighted by atomic mass is 9.96. The van der Waals surface area contributed by atoms with E-state index in [1.807, 2.05) is 12.3 Å². The van der Waals surface area contributed by atoms with Gasteiger partial charge in [0.15, 0.2) is 0 Å². The maximum Gasteiger partial charge on any atom is 0.330 e. The summed E-state index contributed by atoms with van der Waals surface area (Å²) in [7, 11) is 1.38. The van der Waals surface area contributed by atoms with E-state index in [1.54, 1.807) is 11.8 Å². The van der Waals surface area contributed by atoms with Gasteiger partial charge in [-0.25, -0.2) is 4.79 Å². The van der Waals surface area contributed by atoms with Crippen LogP contribution in [0.5, 0.6) is 0 Å². The quantitative estimate of drug-likeness (QED) is 0.499. The van der Waals surface area contributed by atoms with Crippen LogP contribution in [0.4, 0.5) is 0 Å². The summed E-state index contributed by atoms with van der Waals surface area (Å²) in [5.74, 6) is 0.713. The lowest BCUT2D eigenvalue weighted by Crippen LogP contribution is -2.11. The van der Waals surface area contributed by atoms with Crippen LogP contribution in [0, 0.1) is 5.41 Å². The summed E-state index contributed by atoms with van der Waals surface area (Å²) >= 11 is 1.76. The van der Waals surface area contributed by atoms with Crippen LogP contribution in [0.3, 0.4) is 0 Å². The summed E-state index contributed by atoms with van der Waals surface area (Å²) in [4.78, 5) is 10.7. The Morgan fingerprint density at radius 3 is 2.58 bits per heavy atom. The summed E-state index contributed by atoms with van der Waals surface area (Å²) in [6, 6.07) is 0. The maximum atomic E-state index is 10.7. The van der Waals surface area contributed by atoms with Crippen LogP contribution in [0.15, 0.2) is 12.2 Å². The molecule has 2 nitrogen and oxygen atoms in total. The van der Waals surface area contributed by atoms with Crippen LogP contribution in [0.25, 0.3) is 0 Å². The largest absolute Gasteiger partial charge is 0.466 e. The number of ether oxygens (including phenoxy) is 1. The molecule has 0 rings (SSSR count). The van der Waals surface area contributed by atoms with Gasteiger partial charge in [-0.2, -0.15) is 11.8 Å². The fourth-order valence-corrected chi connectivity index (χ4v) is 1.62. The van der Waals surface area contributed by atoms with E-state index in [4.69, 9.17) is 0 Å². The highest BCUT2D eigenvalue weighted by Gasteiger charge is 2.12. The molecule has 0 aliphatic rings. The van der Waals surface area contributed by atoms with Crippen LogP contribution in [0.1, 0.15) is 13.8 Å². The van der Waals surface area contributed by atoms with E-state index in [-0.39, 0.29) is 11.4 Å². The topological polar surface area (TPSA) is 26.3 Å². The highest BCUT2D eigenvalue weighted by Crippen LogP contribution is 2.21. The molecular formula is C9H16O2S. The van der Waals surface area contributed by atoms with Gasteiger partial charge in [0.1, 0.15) is 0 Å². The first-order valence-corrected chi connectivity index (χ1v) is 5.17. The molecule has 0 aromatic heterocycles. The molecule has 70 valence electrons. The third-order valence-electron chi connectivity index (χ3n) is 1.39. The number of thioether (sulfide) groups is 1. The molecule has 12 heavy (non-hydrogen) atoms. The Balaban J connectivity index is 4.03. The van der Waals surface area contributed by atoms with Crippen molar-refractivity contribution in [1.29, 1.82) is 0 Å². The Labute approximate surface area is 78.4 Å². The zero-order valence-electron chi connectivity index (χ0n) is 8.09. The number of carbonyl (C=O) groups excluding carboxylic acids is 1. The van der Waals surface area contributed by atoms with Crippen molar-refractivity contribution in [1.82, 2.24) is 0 Å². The van der Waals surface area contributed by atoms with E-state index < -0.39 is 0 Å². The van der Waals surface area contributed by atoms with Crippen LogP contribution in [-0.4, -0.2) is 25.1 Å². The second-order valence-corrected chi connectivity index (χ2v) is 4.14. The Bertz CT molecular complexity index is 173. The predicted molar refractivity (Wildman–Crippen MR) is 53.3 cm³/mol. The molecule has 0 heterocycles. The molecule has 0 radical (unpaired) electrons. The normalized spacial score (nSPS) is 12.0.